The fraction of sp³-hybridized carbons (Fsp3) is 0.455. The maximum atomic E-state index is 13.4. The topological polar surface area (TPSA) is 66.5 Å². The fourth-order valence-electron chi connectivity index (χ4n) is 3.63. The molecule has 1 fully saturated rings. The van der Waals surface area contributed by atoms with Crippen LogP contribution in [0, 0.1) is 5.82 Å². The van der Waals surface area contributed by atoms with Crippen molar-refractivity contribution in [1.82, 2.24) is 20.5 Å². The Morgan fingerprint density at radius 2 is 1.83 bits per heavy atom. The Labute approximate surface area is 196 Å². The third-order valence-electron chi connectivity index (χ3n) is 5.32. The van der Waals surface area contributed by atoms with Crippen LogP contribution in [0.3, 0.4) is 0 Å². The Morgan fingerprint density at radius 3 is 2.43 bits per heavy atom. The van der Waals surface area contributed by atoms with Crippen molar-refractivity contribution in [3.8, 4) is 5.75 Å². The number of carbonyl (C=O) groups is 1. The molecule has 2 N–H and O–H groups in total. The number of ether oxygens (including phenoxy) is 1. The molecule has 1 aliphatic heterocycles. The molecular weight excluding hydrogens is 485 g/mol. The van der Waals surface area contributed by atoms with E-state index in [1.54, 1.807) is 0 Å². The summed E-state index contributed by atoms with van der Waals surface area (Å²) in [5.41, 5.74) is -0.917. The first kappa shape index (κ1) is 26.5. The second-order valence-corrected chi connectivity index (χ2v) is 7.97. The third-order valence-corrected chi connectivity index (χ3v) is 5.32. The Balaban J connectivity index is 1.73. The van der Waals surface area contributed by atoms with E-state index in [1.165, 1.54) is 17.0 Å². The van der Waals surface area contributed by atoms with Crippen LogP contribution in [0.4, 0.5) is 35.5 Å². The summed E-state index contributed by atoms with van der Waals surface area (Å²) in [7, 11) is 0. The zero-order valence-electron chi connectivity index (χ0n) is 18.3. The summed E-state index contributed by atoms with van der Waals surface area (Å²) < 4.78 is 94.8. The smallest absolute Gasteiger partial charge is 0.422 e. The molecule has 0 bridgehead atoms. The predicted molar refractivity (Wildman–Crippen MR) is 111 cm³/mol. The van der Waals surface area contributed by atoms with Gasteiger partial charge < -0.3 is 20.3 Å². The number of rotatable bonds is 7. The van der Waals surface area contributed by atoms with Crippen LogP contribution in [0.1, 0.15) is 29.7 Å². The van der Waals surface area contributed by atoms with Gasteiger partial charge in [0.25, 0.3) is 0 Å². The highest BCUT2D eigenvalue weighted by Crippen LogP contribution is 2.37. The van der Waals surface area contributed by atoms with Crippen LogP contribution in [-0.2, 0) is 19.3 Å². The van der Waals surface area contributed by atoms with E-state index in [0.29, 0.717) is 37.7 Å². The number of hydrogen-bond acceptors (Lipinski definition) is 4. The average Bonchev–Trinajstić information content (AvgIpc) is 2.80. The molecule has 3 rings (SSSR count). The molecule has 192 valence electrons. The van der Waals surface area contributed by atoms with Crippen molar-refractivity contribution in [1.29, 1.82) is 0 Å². The molecule has 0 spiro atoms. The number of nitrogens with zero attached hydrogens (tertiary/aromatic N) is 2. The van der Waals surface area contributed by atoms with Gasteiger partial charge in [-0.15, -0.1) is 0 Å². The van der Waals surface area contributed by atoms with E-state index in [0.717, 1.165) is 18.3 Å². The monoisotopic (exact) mass is 508 g/mol. The van der Waals surface area contributed by atoms with Crippen LogP contribution in [0.25, 0.3) is 0 Å². The molecule has 1 saturated heterocycles. The lowest BCUT2D eigenvalue weighted by atomic mass is 10.0. The fourth-order valence-corrected chi connectivity index (χ4v) is 3.63. The lowest BCUT2D eigenvalue weighted by Crippen LogP contribution is -2.49. The molecule has 0 unspecified atom stereocenters. The minimum Gasteiger partial charge on any atom is -0.483 e. The maximum absolute atomic E-state index is 13.4. The summed E-state index contributed by atoms with van der Waals surface area (Å²) in [5.74, 6) is -1.49. The number of amides is 2. The largest absolute Gasteiger partial charge is 0.483 e. The maximum Gasteiger partial charge on any atom is 0.422 e. The first-order valence-corrected chi connectivity index (χ1v) is 10.7. The first-order chi connectivity index (χ1) is 16.4. The average molecular weight is 508 g/mol. The molecule has 2 aromatic rings. The van der Waals surface area contributed by atoms with E-state index in [4.69, 9.17) is 0 Å². The number of alkyl halides is 6. The summed E-state index contributed by atoms with van der Waals surface area (Å²) in [6, 6.07) is 4.50. The van der Waals surface area contributed by atoms with E-state index in [2.05, 4.69) is 20.4 Å². The molecule has 0 saturated carbocycles. The van der Waals surface area contributed by atoms with Gasteiger partial charge >= 0.3 is 18.4 Å². The van der Waals surface area contributed by atoms with E-state index < -0.39 is 42.1 Å². The van der Waals surface area contributed by atoms with Gasteiger partial charge in [-0.05, 0) is 55.8 Å². The Bertz CT molecular complexity index is 991. The zero-order chi connectivity index (χ0) is 25.6. The number of urea groups is 1. The molecule has 0 atom stereocenters. The Morgan fingerprint density at radius 1 is 1.11 bits per heavy atom. The molecule has 2 amide bonds. The van der Waals surface area contributed by atoms with Crippen LogP contribution in [-0.4, -0.2) is 47.8 Å². The molecule has 6 nitrogen and oxygen atoms in total. The van der Waals surface area contributed by atoms with Gasteiger partial charge in [0.15, 0.2) is 6.61 Å². The number of carbonyl (C=O) groups excluding carboxylic acids is 1. The number of piperidine rings is 1. The van der Waals surface area contributed by atoms with Crippen molar-refractivity contribution in [3.05, 3.63) is 59.2 Å². The highest BCUT2D eigenvalue weighted by atomic mass is 19.4. The molecule has 35 heavy (non-hydrogen) atoms. The second-order valence-electron chi connectivity index (χ2n) is 7.97. The van der Waals surface area contributed by atoms with Gasteiger partial charge in [0, 0.05) is 12.6 Å². The predicted octanol–water partition coefficient (Wildman–Crippen LogP) is 4.64. The lowest BCUT2D eigenvalue weighted by molar-refractivity contribution is -0.158. The van der Waals surface area contributed by atoms with Crippen molar-refractivity contribution in [2.75, 3.05) is 19.7 Å². The number of nitrogens with one attached hydrogen (secondary N) is 2. The van der Waals surface area contributed by atoms with Gasteiger partial charge in [-0.3, -0.25) is 4.98 Å². The molecule has 13 heteroatoms. The summed E-state index contributed by atoms with van der Waals surface area (Å²) in [5, 5.41) is 5.73. The van der Waals surface area contributed by atoms with Crippen molar-refractivity contribution < 1.29 is 40.3 Å². The van der Waals surface area contributed by atoms with Crippen LogP contribution in [0.2, 0.25) is 0 Å². The van der Waals surface area contributed by atoms with Crippen LogP contribution >= 0.6 is 0 Å². The lowest BCUT2D eigenvalue weighted by Gasteiger charge is -2.34. The minimum absolute atomic E-state index is 0.0233. The van der Waals surface area contributed by atoms with Gasteiger partial charge in [0.05, 0.1) is 24.0 Å². The van der Waals surface area contributed by atoms with Gasteiger partial charge in [-0.2, -0.15) is 26.3 Å². The van der Waals surface area contributed by atoms with Crippen LogP contribution in [0.5, 0.6) is 5.75 Å². The summed E-state index contributed by atoms with van der Waals surface area (Å²) in [6.45, 7) is -0.775. The van der Waals surface area contributed by atoms with Crippen molar-refractivity contribution in [2.24, 2.45) is 0 Å². The van der Waals surface area contributed by atoms with Crippen molar-refractivity contribution in [2.45, 2.75) is 44.3 Å². The normalized spacial score (nSPS) is 15.1. The molecule has 1 aromatic carbocycles. The van der Waals surface area contributed by atoms with Gasteiger partial charge in [-0.1, -0.05) is 6.07 Å². The zero-order valence-corrected chi connectivity index (χ0v) is 18.3. The van der Waals surface area contributed by atoms with E-state index >= 15 is 0 Å². The standard InChI is InChI=1S/C22H23F7N4O2/c23-15-2-3-16(31-11-15)12-33(17-5-7-30-8-6-17)20(34)32-10-14-1-4-19(35-13-21(24,25)26)18(9-14)22(27,28)29/h1-4,9,11,17,30H,5-8,10,12-13H2,(H,32,34). The second kappa shape index (κ2) is 11.1. The van der Waals surface area contributed by atoms with Gasteiger partial charge in [0.2, 0.25) is 0 Å². The number of hydrogen-bond donors (Lipinski definition) is 2. The number of benzene rings is 1. The van der Waals surface area contributed by atoms with E-state index in [1.807, 2.05) is 0 Å². The quantitative estimate of drug-likeness (QED) is 0.535. The SMILES string of the molecule is O=C(NCc1ccc(OCC(F)(F)F)c(C(F)(F)F)c1)N(Cc1ccc(F)cn1)C1CCNCC1. The van der Waals surface area contributed by atoms with Gasteiger partial charge in [-0.25, -0.2) is 9.18 Å². The van der Waals surface area contributed by atoms with Crippen LogP contribution in [0.15, 0.2) is 36.5 Å². The Kier molecular flexibility index (Phi) is 8.41. The first-order valence-electron chi connectivity index (χ1n) is 10.7. The van der Waals surface area contributed by atoms with Crippen molar-refractivity contribution >= 4 is 6.03 Å². The number of aromatic nitrogens is 1. The molecular formula is C22H23F7N4O2. The third kappa shape index (κ3) is 7.98. The molecule has 2 heterocycles. The van der Waals surface area contributed by atoms with Gasteiger partial charge in [0.1, 0.15) is 11.6 Å². The Hall–Kier alpha value is -3.09. The highest BCUT2D eigenvalue weighted by molar-refractivity contribution is 5.74. The molecule has 0 aliphatic carbocycles. The number of halogens is 7. The van der Waals surface area contributed by atoms with E-state index in [9.17, 15) is 35.5 Å². The highest BCUT2D eigenvalue weighted by Gasteiger charge is 2.36. The van der Waals surface area contributed by atoms with Crippen molar-refractivity contribution in [3.63, 3.8) is 0 Å². The summed E-state index contributed by atoms with van der Waals surface area (Å²) in [4.78, 5) is 18.4. The molecule has 1 aromatic heterocycles. The van der Waals surface area contributed by atoms with Crippen LogP contribution < -0.4 is 15.4 Å². The molecule has 0 radical (unpaired) electrons. The summed E-state index contributed by atoms with van der Waals surface area (Å²) in [6.07, 6.45) is -7.46. The molecule has 1 aliphatic rings. The number of pyridine rings is 1. The van der Waals surface area contributed by atoms with E-state index in [-0.39, 0.29) is 24.7 Å². The summed E-state index contributed by atoms with van der Waals surface area (Å²) >= 11 is 0. The minimum atomic E-state index is -4.96.